The number of benzene rings is 2. The van der Waals surface area contributed by atoms with Crippen LogP contribution in [0.4, 0.5) is 27.6 Å². The first-order valence-electron chi connectivity index (χ1n) is 5.81. The summed E-state index contributed by atoms with van der Waals surface area (Å²) in [4.78, 5) is 0. The Morgan fingerprint density at radius 3 is 2.33 bits per heavy atom. The number of nitrogen functional groups attached to an aromatic ring is 1. The van der Waals surface area contributed by atoms with Gasteiger partial charge in [0.25, 0.3) is 0 Å². The van der Waals surface area contributed by atoms with Crippen LogP contribution in [0.5, 0.6) is 5.75 Å². The van der Waals surface area contributed by atoms with Crippen molar-refractivity contribution < 1.29 is 26.7 Å². The van der Waals surface area contributed by atoms with Crippen LogP contribution in [0, 0.1) is 11.6 Å². The molecule has 112 valence electrons. The number of anilines is 1. The molecule has 0 aliphatic carbocycles. The predicted molar refractivity (Wildman–Crippen MR) is 66.5 cm³/mol. The molecule has 2 aromatic carbocycles. The van der Waals surface area contributed by atoms with E-state index in [9.17, 15) is 22.0 Å². The molecule has 0 unspecified atom stereocenters. The minimum absolute atomic E-state index is 0.0466. The molecule has 2 aromatic rings. The Bertz CT molecular complexity index is 654. The molecule has 0 saturated carbocycles. The number of ether oxygens (including phenoxy) is 1. The molecular formula is C14H10F5NO. The lowest BCUT2D eigenvalue weighted by atomic mass is 10.1. The van der Waals surface area contributed by atoms with Gasteiger partial charge in [0.15, 0.2) is 0 Å². The minimum atomic E-state index is -4.69. The number of nitrogens with two attached hydrogens (primary N) is 1. The highest BCUT2D eigenvalue weighted by Gasteiger charge is 2.34. The summed E-state index contributed by atoms with van der Waals surface area (Å²) in [7, 11) is 0. The van der Waals surface area contributed by atoms with Crippen molar-refractivity contribution >= 4 is 5.69 Å². The molecule has 2 nitrogen and oxygen atoms in total. The smallest absolute Gasteiger partial charge is 0.416 e. The Labute approximate surface area is 116 Å². The first kappa shape index (κ1) is 15.1. The monoisotopic (exact) mass is 303 g/mol. The number of hydrogen-bond acceptors (Lipinski definition) is 2. The lowest BCUT2D eigenvalue weighted by Crippen LogP contribution is -2.12. The minimum Gasteiger partial charge on any atom is -0.489 e. The zero-order chi connectivity index (χ0) is 15.6. The van der Waals surface area contributed by atoms with Crippen LogP contribution in [0.3, 0.4) is 0 Å². The summed E-state index contributed by atoms with van der Waals surface area (Å²) >= 11 is 0. The molecule has 0 aliphatic rings. The molecule has 2 rings (SSSR count). The third-order valence-electron chi connectivity index (χ3n) is 2.77. The van der Waals surface area contributed by atoms with E-state index in [1.165, 1.54) is 6.07 Å². The van der Waals surface area contributed by atoms with E-state index in [1.54, 1.807) is 0 Å². The van der Waals surface area contributed by atoms with Crippen LogP contribution in [0.25, 0.3) is 0 Å². The first-order chi connectivity index (χ1) is 9.79. The second-order valence-corrected chi connectivity index (χ2v) is 4.24. The van der Waals surface area contributed by atoms with E-state index in [-0.39, 0.29) is 11.4 Å². The molecule has 0 heterocycles. The Morgan fingerprint density at radius 2 is 1.71 bits per heavy atom. The summed E-state index contributed by atoms with van der Waals surface area (Å²) in [6, 6.07) is 5.96. The topological polar surface area (TPSA) is 35.2 Å². The molecule has 0 fully saturated rings. The molecule has 0 amide bonds. The maximum atomic E-state index is 13.6. The summed E-state index contributed by atoms with van der Waals surface area (Å²) in [6.45, 7) is -0.646. The fraction of sp³-hybridized carbons (Fsp3) is 0.143. The van der Waals surface area contributed by atoms with Gasteiger partial charge in [-0.25, -0.2) is 8.78 Å². The highest BCUT2D eigenvalue weighted by molar-refractivity contribution is 5.45. The summed E-state index contributed by atoms with van der Waals surface area (Å²) in [5.74, 6) is -1.66. The number of halogens is 5. The highest BCUT2D eigenvalue weighted by atomic mass is 19.4. The van der Waals surface area contributed by atoms with Gasteiger partial charge in [-0.3, -0.25) is 0 Å². The van der Waals surface area contributed by atoms with Gasteiger partial charge in [-0.15, -0.1) is 0 Å². The van der Waals surface area contributed by atoms with Crippen molar-refractivity contribution in [1.82, 2.24) is 0 Å². The SMILES string of the molecule is Nc1cc(OCc2c(F)cccc2C(F)(F)F)ccc1F. The van der Waals surface area contributed by atoms with Crippen LogP contribution in [0.1, 0.15) is 11.1 Å². The zero-order valence-electron chi connectivity index (χ0n) is 10.5. The van der Waals surface area contributed by atoms with Crippen molar-refractivity contribution in [2.75, 3.05) is 5.73 Å². The van der Waals surface area contributed by atoms with Crippen LogP contribution >= 0.6 is 0 Å². The van der Waals surface area contributed by atoms with Crippen LogP contribution < -0.4 is 10.5 Å². The van der Waals surface area contributed by atoms with E-state index >= 15 is 0 Å². The molecule has 0 saturated heterocycles. The lowest BCUT2D eigenvalue weighted by molar-refractivity contribution is -0.138. The van der Waals surface area contributed by atoms with E-state index in [0.29, 0.717) is 0 Å². The van der Waals surface area contributed by atoms with E-state index in [1.807, 2.05) is 0 Å². The third-order valence-corrected chi connectivity index (χ3v) is 2.77. The van der Waals surface area contributed by atoms with Gasteiger partial charge in [-0.05, 0) is 24.3 Å². The van der Waals surface area contributed by atoms with Crippen LogP contribution in [0.2, 0.25) is 0 Å². The van der Waals surface area contributed by atoms with Gasteiger partial charge in [0, 0.05) is 11.6 Å². The second kappa shape index (κ2) is 5.59. The summed E-state index contributed by atoms with van der Waals surface area (Å²) < 4.78 is 69.9. The Hall–Kier alpha value is -2.31. The molecule has 0 radical (unpaired) electrons. The van der Waals surface area contributed by atoms with Crippen molar-refractivity contribution in [3.63, 3.8) is 0 Å². The maximum Gasteiger partial charge on any atom is 0.416 e. The zero-order valence-corrected chi connectivity index (χ0v) is 10.5. The van der Waals surface area contributed by atoms with E-state index in [0.717, 1.165) is 30.3 Å². The molecule has 0 aliphatic heterocycles. The summed E-state index contributed by atoms with van der Waals surface area (Å²) in [5.41, 5.74) is 3.37. The second-order valence-electron chi connectivity index (χ2n) is 4.24. The van der Waals surface area contributed by atoms with E-state index in [2.05, 4.69) is 0 Å². The van der Waals surface area contributed by atoms with Gasteiger partial charge in [-0.1, -0.05) is 6.07 Å². The van der Waals surface area contributed by atoms with Crippen molar-refractivity contribution in [3.8, 4) is 5.75 Å². The molecule has 0 spiro atoms. The fourth-order valence-corrected chi connectivity index (χ4v) is 1.74. The van der Waals surface area contributed by atoms with Gasteiger partial charge in [-0.2, -0.15) is 13.2 Å². The van der Waals surface area contributed by atoms with E-state index in [4.69, 9.17) is 10.5 Å². The summed E-state index contributed by atoms with van der Waals surface area (Å²) in [5, 5.41) is 0. The van der Waals surface area contributed by atoms with Crippen LogP contribution in [-0.2, 0) is 12.8 Å². The Kier molecular flexibility index (Phi) is 4.02. The van der Waals surface area contributed by atoms with Crippen LogP contribution in [-0.4, -0.2) is 0 Å². The highest BCUT2D eigenvalue weighted by Crippen LogP contribution is 2.33. The van der Waals surface area contributed by atoms with Gasteiger partial charge in [0.05, 0.1) is 11.3 Å². The molecule has 7 heteroatoms. The average molecular weight is 303 g/mol. The Balaban J connectivity index is 2.25. The molecule has 2 N–H and O–H groups in total. The normalized spacial score (nSPS) is 11.5. The number of alkyl halides is 3. The van der Waals surface area contributed by atoms with Gasteiger partial charge in [0.1, 0.15) is 24.0 Å². The average Bonchev–Trinajstić information content (AvgIpc) is 2.40. The first-order valence-corrected chi connectivity index (χ1v) is 5.81. The number of rotatable bonds is 3. The molecule has 0 aromatic heterocycles. The Morgan fingerprint density at radius 1 is 1.00 bits per heavy atom. The molecular weight excluding hydrogens is 293 g/mol. The fourth-order valence-electron chi connectivity index (χ4n) is 1.74. The van der Waals surface area contributed by atoms with Gasteiger partial charge in [0.2, 0.25) is 0 Å². The standard InChI is InChI=1S/C14H10F5NO/c15-11-3-1-2-10(14(17,18)19)9(11)7-21-8-4-5-12(16)13(20)6-8/h1-6H,7,20H2. The summed E-state index contributed by atoms with van der Waals surface area (Å²) in [6.07, 6.45) is -4.69. The molecule has 21 heavy (non-hydrogen) atoms. The quantitative estimate of drug-likeness (QED) is 0.683. The van der Waals surface area contributed by atoms with Crippen molar-refractivity contribution in [2.45, 2.75) is 12.8 Å². The van der Waals surface area contributed by atoms with Crippen molar-refractivity contribution in [2.24, 2.45) is 0 Å². The van der Waals surface area contributed by atoms with Gasteiger partial charge < -0.3 is 10.5 Å². The molecule has 0 bridgehead atoms. The van der Waals surface area contributed by atoms with Crippen molar-refractivity contribution in [1.29, 1.82) is 0 Å². The van der Waals surface area contributed by atoms with Gasteiger partial charge >= 0.3 is 6.18 Å². The number of hydrogen-bond donors (Lipinski definition) is 1. The van der Waals surface area contributed by atoms with Crippen molar-refractivity contribution in [3.05, 3.63) is 59.2 Å². The maximum absolute atomic E-state index is 13.6. The third kappa shape index (κ3) is 3.42. The predicted octanol–water partition coefficient (Wildman–Crippen LogP) is 4.14. The molecule has 0 atom stereocenters. The largest absolute Gasteiger partial charge is 0.489 e. The van der Waals surface area contributed by atoms with Crippen LogP contribution in [0.15, 0.2) is 36.4 Å². The lowest BCUT2D eigenvalue weighted by Gasteiger charge is -2.14. The van der Waals surface area contributed by atoms with E-state index < -0.39 is 35.5 Å².